The van der Waals surface area contributed by atoms with Gasteiger partial charge in [-0.15, -0.1) is 4.24 Å². The van der Waals surface area contributed by atoms with Gasteiger partial charge in [-0.3, -0.25) is 0 Å². The first-order chi connectivity index (χ1) is 4.58. The molecule has 0 rings (SSSR count). The van der Waals surface area contributed by atoms with Crippen molar-refractivity contribution in [2.45, 2.75) is 13.8 Å². The Morgan fingerprint density at radius 3 is 1.90 bits per heavy atom. The molecule has 4 nitrogen and oxygen atoms in total. The summed E-state index contributed by atoms with van der Waals surface area (Å²) in [4.78, 5) is 0. The Bertz CT molecular complexity index is 176. The highest BCUT2D eigenvalue weighted by atomic mass is 35.5. The highest BCUT2D eigenvalue weighted by molar-refractivity contribution is 7.88. The lowest BCUT2D eigenvalue weighted by Gasteiger charge is -2.15. The summed E-state index contributed by atoms with van der Waals surface area (Å²) in [7, 11) is -3.41. The van der Waals surface area contributed by atoms with E-state index in [-0.39, 0.29) is 0 Å². The first-order valence-electron chi connectivity index (χ1n) is 2.96. The molecule has 0 radical (unpaired) electrons. The van der Waals surface area contributed by atoms with Gasteiger partial charge in [0.05, 0.1) is 0 Å². The zero-order chi connectivity index (χ0) is 8.20. The van der Waals surface area contributed by atoms with Crippen LogP contribution in [-0.2, 0) is 10.2 Å². The zero-order valence-corrected chi connectivity index (χ0v) is 7.54. The molecule has 0 fully saturated rings. The molecule has 0 amide bonds. The minimum atomic E-state index is -3.41. The van der Waals surface area contributed by atoms with Crippen LogP contribution in [-0.4, -0.2) is 25.8 Å². The van der Waals surface area contributed by atoms with E-state index in [1.165, 1.54) is 4.31 Å². The second kappa shape index (κ2) is 4.12. The van der Waals surface area contributed by atoms with Gasteiger partial charge in [0.2, 0.25) is 0 Å². The number of nitrogens with one attached hydrogen (secondary N) is 1. The third kappa shape index (κ3) is 2.42. The second-order valence-corrected chi connectivity index (χ2v) is 3.75. The molecule has 0 aliphatic carbocycles. The monoisotopic (exact) mass is 186 g/mol. The predicted molar refractivity (Wildman–Crippen MR) is 40.8 cm³/mol. The third-order valence-electron chi connectivity index (χ3n) is 1.14. The van der Waals surface area contributed by atoms with Gasteiger partial charge in [-0.05, 0) is 11.8 Å². The molecule has 0 unspecified atom stereocenters. The molecule has 0 aromatic heterocycles. The molecule has 0 atom stereocenters. The maximum atomic E-state index is 10.8. The maximum Gasteiger partial charge on any atom is 0.292 e. The van der Waals surface area contributed by atoms with Crippen LogP contribution in [0.5, 0.6) is 0 Å². The second-order valence-electron chi connectivity index (χ2n) is 1.67. The van der Waals surface area contributed by atoms with Crippen molar-refractivity contribution in [2.24, 2.45) is 0 Å². The fourth-order valence-corrected chi connectivity index (χ4v) is 1.68. The first kappa shape index (κ1) is 10.2. The van der Waals surface area contributed by atoms with Crippen molar-refractivity contribution in [3.8, 4) is 0 Å². The van der Waals surface area contributed by atoms with Crippen LogP contribution in [0.3, 0.4) is 0 Å². The normalized spacial score (nSPS) is 12.4. The van der Waals surface area contributed by atoms with Crippen LogP contribution >= 0.6 is 11.8 Å². The molecule has 0 bridgehead atoms. The summed E-state index contributed by atoms with van der Waals surface area (Å²) in [6.07, 6.45) is 0. The van der Waals surface area contributed by atoms with Gasteiger partial charge in [0.15, 0.2) is 0 Å². The van der Waals surface area contributed by atoms with Gasteiger partial charge in [-0.1, -0.05) is 13.8 Å². The molecule has 0 spiro atoms. The van der Waals surface area contributed by atoms with Crippen molar-refractivity contribution in [2.75, 3.05) is 13.1 Å². The maximum absolute atomic E-state index is 10.8. The van der Waals surface area contributed by atoms with Gasteiger partial charge >= 0.3 is 0 Å². The highest BCUT2D eigenvalue weighted by Crippen LogP contribution is 1.96. The van der Waals surface area contributed by atoms with Crippen LogP contribution < -0.4 is 4.24 Å². The van der Waals surface area contributed by atoms with Crippen LogP contribution in [0.25, 0.3) is 0 Å². The van der Waals surface area contributed by atoms with E-state index in [0.29, 0.717) is 13.1 Å². The molecule has 1 N–H and O–H groups in total. The van der Waals surface area contributed by atoms with E-state index in [4.69, 9.17) is 11.8 Å². The Kier molecular flexibility index (Phi) is 4.19. The van der Waals surface area contributed by atoms with Crippen LogP contribution in [0.4, 0.5) is 0 Å². The third-order valence-corrected chi connectivity index (χ3v) is 3.12. The highest BCUT2D eigenvalue weighted by Gasteiger charge is 2.15. The van der Waals surface area contributed by atoms with Gasteiger partial charge in [0.1, 0.15) is 0 Å². The molecule has 0 aromatic rings. The van der Waals surface area contributed by atoms with Crippen molar-refractivity contribution < 1.29 is 8.42 Å². The molecule has 0 saturated heterocycles. The van der Waals surface area contributed by atoms with Crippen molar-refractivity contribution in [3.63, 3.8) is 0 Å². The van der Waals surface area contributed by atoms with E-state index in [0.717, 1.165) is 0 Å². The van der Waals surface area contributed by atoms with Crippen LogP contribution in [0, 0.1) is 0 Å². The number of hydrogen-bond acceptors (Lipinski definition) is 2. The molecule has 0 saturated carbocycles. The van der Waals surface area contributed by atoms with E-state index in [2.05, 4.69) is 0 Å². The number of hydrogen-bond donors (Lipinski definition) is 1. The lowest BCUT2D eigenvalue weighted by atomic mass is 10.7. The number of rotatable bonds is 4. The Hall–Kier alpha value is 0.160. The lowest BCUT2D eigenvalue weighted by molar-refractivity contribution is 0.443. The van der Waals surface area contributed by atoms with E-state index in [9.17, 15) is 8.42 Å². The molecular weight excluding hydrogens is 176 g/mol. The van der Waals surface area contributed by atoms with Crippen molar-refractivity contribution >= 4 is 22.0 Å². The topological polar surface area (TPSA) is 49.4 Å². The summed E-state index contributed by atoms with van der Waals surface area (Å²) in [6, 6.07) is 0. The largest absolute Gasteiger partial charge is 0.292 e. The van der Waals surface area contributed by atoms with Gasteiger partial charge in [-0.2, -0.15) is 12.7 Å². The lowest BCUT2D eigenvalue weighted by Crippen LogP contribution is -2.36. The first-order valence-corrected chi connectivity index (χ1v) is 4.77. The minimum absolute atomic E-state index is 0.429. The molecule has 0 aliphatic heterocycles. The van der Waals surface area contributed by atoms with E-state index in [1.807, 2.05) is 0 Å². The average Bonchev–Trinajstić information content (AvgIpc) is 1.90. The van der Waals surface area contributed by atoms with Gasteiger partial charge in [-0.25, -0.2) is 0 Å². The molecule has 0 aliphatic rings. The summed E-state index contributed by atoms with van der Waals surface area (Å²) in [5.41, 5.74) is 0. The molecule has 62 valence electrons. The zero-order valence-electron chi connectivity index (χ0n) is 5.96. The molecule has 0 heterocycles. The average molecular weight is 187 g/mol. The molecular formula is C4H11ClN2O2S. The van der Waals surface area contributed by atoms with Gasteiger partial charge < -0.3 is 0 Å². The fraction of sp³-hybridized carbons (Fsp3) is 1.00. The predicted octanol–water partition coefficient (Wildman–Crippen LogP) is 0.316. The van der Waals surface area contributed by atoms with Crippen LogP contribution in [0.2, 0.25) is 0 Å². The number of nitrogens with zero attached hydrogens (tertiary/aromatic N) is 1. The fourth-order valence-electron chi connectivity index (χ4n) is 0.612. The summed E-state index contributed by atoms with van der Waals surface area (Å²) in [5.74, 6) is 0. The standard InChI is InChI=1S/C4H11ClN2O2S/c1-3-7(4-2)10(8,9)6-5/h6H,3-4H2,1-2H3. The Labute approximate surface area is 66.5 Å². The van der Waals surface area contributed by atoms with Crippen molar-refractivity contribution in [1.82, 2.24) is 8.55 Å². The van der Waals surface area contributed by atoms with Gasteiger partial charge in [0, 0.05) is 13.1 Å². The minimum Gasteiger partial charge on any atom is -0.194 e. The smallest absolute Gasteiger partial charge is 0.194 e. The van der Waals surface area contributed by atoms with Gasteiger partial charge in [0.25, 0.3) is 10.2 Å². The van der Waals surface area contributed by atoms with Crippen molar-refractivity contribution in [3.05, 3.63) is 0 Å². The Morgan fingerprint density at radius 1 is 1.40 bits per heavy atom. The molecule has 10 heavy (non-hydrogen) atoms. The molecule has 0 aromatic carbocycles. The Balaban J connectivity index is 4.28. The van der Waals surface area contributed by atoms with E-state index in [1.54, 1.807) is 18.1 Å². The summed E-state index contributed by atoms with van der Waals surface area (Å²) < 4.78 is 24.6. The number of halogens is 1. The van der Waals surface area contributed by atoms with E-state index < -0.39 is 10.2 Å². The van der Waals surface area contributed by atoms with E-state index >= 15 is 0 Å². The Morgan fingerprint density at radius 2 is 1.80 bits per heavy atom. The quantitative estimate of drug-likeness (QED) is 0.643. The van der Waals surface area contributed by atoms with Crippen molar-refractivity contribution in [1.29, 1.82) is 0 Å². The summed E-state index contributed by atoms with van der Waals surface area (Å²) in [6.45, 7) is 4.35. The SMILES string of the molecule is CCN(CC)S(=O)(=O)NCl. The summed E-state index contributed by atoms with van der Waals surface area (Å²) >= 11 is 4.97. The van der Waals surface area contributed by atoms with Crippen LogP contribution in [0.15, 0.2) is 0 Å². The van der Waals surface area contributed by atoms with Crippen LogP contribution in [0.1, 0.15) is 13.8 Å². The molecule has 6 heteroatoms. The summed E-state index contributed by atoms with van der Waals surface area (Å²) in [5, 5.41) is 0.